The monoisotopic (exact) mass is 386 g/mol. The Labute approximate surface area is 148 Å². The lowest BCUT2D eigenvalue weighted by Gasteiger charge is -2.17. The summed E-state index contributed by atoms with van der Waals surface area (Å²) in [6.45, 7) is 11.3. The molecule has 0 saturated heterocycles. The van der Waals surface area contributed by atoms with Crippen LogP contribution < -0.4 is 10.9 Å². The molecule has 0 fully saturated rings. The molecule has 0 aliphatic rings. The molecule has 132 valence electrons. The van der Waals surface area contributed by atoms with E-state index in [9.17, 15) is 4.79 Å². The van der Waals surface area contributed by atoms with Gasteiger partial charge in [0.25, 0.3) is 5.56 Å². The van der Waals surface area contributed by atoms with Crippen molar-refractivity contribution in [1.82, 2.24) is 9.55 Å². The highest BCUT2D eigenvalue weighted by Gasteiger charge is 2.17. The Morgan fingerprint density at radius 2 is 1.96 bits per heavy atom. The van der Waals surface area contributed by atoms with Gasteiger partial charge in [0.1, 0.15) is 17.2 Å². The van der Waals surface area contributed by atoms with Crippen LogP contribution in [0.1, 0.15) is 65.4 Å². The Hall–Kier alpha value is -1.17. The third-order valence-electron chi connectivity index (χ3n) is 3.22. The van der Waals surface area contributed by atoms with Crippen LogP contribution in [0.5, 0.6) is 0 Å². The first-order valence-electron chi connectivity index (χ1n) is 8.61. The summed E-state index contributed by atoms with van der Waals surface area (Å²) in [5, 5.41) is 12.1. The highest BCUT2D eigenvalue weighted by Crippen LogP contribution is 2.13. The van der Waals surface area contributed by atoms with Crippen LogP contribution in [-0.4, -0.2) is 27.1 Å². The third-order valence-corrected chi connectivity index (χ3v) is 3.78. The lowest BCUT2D eigenvalue weighted by atomic mass is 10.1. The number of alkyl halides is 1. The zero-order chi connectivity index (χ0) is 17.8. The summed E-state index contributed by atoms with van der Waals surface area (Å²) in [4.78, 5) is 17.3. The van der Waals surface area contributed by atoms with Crippen molar-refractivity contribution in [3.05, 3.63) is 21.9 Å². The fraction of sp³-hybridized carbons (Fsp3) is 0.706. The minimum Gasteiger partial charge on any atom is -0.379 e. The van der Waals surface area contributed by atoms with Gasteiger partial charge in [-0.3, -0.25) is 9.36 Å². The van der Waals surface area contributed by atoms with Gasteiger partial charge in [-0.05, 0) is 19.8 Å². The number of aryl methyl sites for hydroxylation is 1. The normalized spacial score (nSPS) is 10.0. The van der Waals surface area contributed by atoms with E-state index in [0.29, 0.717) is 43.0 Å². The summed E-state index contributed by atoms with van der Waals surface area (Å²) < 4.78 is 1.74. The van der Waals surface area contributed by atoms with Crippen molar-refractivity contribution < 1.29 is 0 Å². The van der Waals surface area contributed by atoms with Crippen molar-refractivity contribution in [2.24, 2.45) is 0 Å². The maximum atomic E-state index is 12.7. The second-order valence-electron chi connectivity index (χ2n) is 4.86. The predicted molar refractivity (Wildman–Crippen MR) is 104 cm³/mol. The fourth-order valence-corrected chi connectivity index (χ4v) is 2.49. The molecule has 1 aromatic heterocycles. The zero-order valence-corrected chi connectivity index (χ0v) is 16.7. The molecular formula is C17H31BrN4O. The summed E-state index contributed by atoms with van der Waals surface area (Å²) in [7, 11) is 0. The molecule has 6 heteroatoms. The molecule has 23 heavy (non-hydrogen) atoms. The molecule has 0 unspecified atom stereocenters. The van der Waals surface area contributed by atoms with E-state index in [1.807, 2.05) is 34.6 Å². The van der Waals surface area contributed by atoms with Crippen LogP contribution >= 0.6 is 15.9 Å². The molecule has 0 aliphatic carbocycles. The third kappa shape index (κ3) is 6.09. The van der Waals surface area contributed by atoms with E-state index in [2.05, 4.69) is 26.2 Å². The molecule has 2 N–H and O–H groups in total. The largest absolute Gasteiger partial charge is 0.379 e. The molecule has 0 aromatic carbocycles. The molecule has 0 aliphatic heterocycles. The molecule has 0 atom stereocenters. The van der Waals surface area contributed by atoms with Crippen LogP contribution in [0.4, 0.5) is 5.69 Å². The van der Waals surface area contributed by atoms with Gasteiger partial charge in [0.2, 0.25) is 0 Å². The van der Waals surface area contributed by atoms with Crippen LogP contribution in [-0.2, 0) is 13.0 Å². The van der Waals surface area contributed by atoms with E-state index in [1.54, 1.807) is 4.57 Å². The quantitative estimate of drug-likeness (QED) is 0.492. The second-order valence-corrected chi connectivity index (χ2v) is 5.66. The van der Waals surface area contributed by atoms with Crippen LogP contribution in [0.2, 0.25) is 0 Å². The van der Waals surface area contributed by atoms with E-state index >= 15 is 0 Å². The summed E-state index contributed by atoms with van der Waals surface area (Å²) in [6, 6.07) is 0. The molecule has 0 spiro atoms. The standard InChI is InChI=1S/C15H25BrN4O.C2H6/c1-4-8-11(17)13-14(18-6-3)15(21)20(10-7-9-16)12(5-2)19-13;1-2/h17-18H,4-10H2,1-3H3;1-2H3. The Morgan fingerprint density at radius 1 is 1.30 bits per heavy atom. The maximum absolute atomic E-state index is 12.7. The molecule has 1 aromatic rings. The van der Waals surface area contributed by atoms with E-state index < -0.39 is 0 Å². The van der Waals surface area contributed by atoms with Gasteiger partial charge in [0.15, 0.2) is 0 Å². The summed E-state index contributed by atoms with van der Waals surface area (Å²) in [5.74, 6) is 0.762. The van der Waals surface area contributed by atoms with E-state index in [1.165, 1.54) is 0 Å². The van der Waals surface area contributed by atoms with Gasteiger partial charge in [0, 0.05) is 24.8 Å². The molecule has 0 radical (unpaired) electrons. The number of aromatic nitrogens is 2. The molecule has 0 saturated carbocycles. The summed E-state index contributed by atoms with van der Waals surface area (Å²) in [6.07, 6.45) is 3.09. The maximum Gasteiger partial charge on any atom is 0.277 e. The van der Waals surface area contributed by atoms with Gasteiger partial charge in [-0.15, -0.1) is 0 Å². The van der Waals surface area contributed by atoms with Crippen molar-refractivity contribution in [3.63, 3.8) is 0 Å². The number of nitrogens with zero attached hydrogens (tertiary/aromatic N) is 2. The average Bonchev–Trinajstić information content (AvgIpc) is 2.57. The van der Waals surface area contributed by atoms with Gasteiger partial charge in [-0.2, -0.15) is 0 Å². The molecule has 5 nitrogen and oxygen atoms in total. The zero-order valence-electron chi connectivity index (χ0n) is 15.1. The molecule has 0 bridgehead atoms. The van der Waals surface area contributed by atoms with E-state index in [4.69, 9.17) is 5.41 Å². The smallest absolute Gasteiger partial charge is 0.277 e. The highest BCUT2D eigenvalue weighted by atomic mass is 79.9. The van der Waals surface area contributed by atoms with Crippen molar-refractivity contribution in [2.75, 3.05) is 17.2 Å². The Bertz CT molecular complexity index is 540. The van der Waals surface area contributed by atoms with Crippen LogP contribution in [0, 0.1) is 5.41 Å². The summed E-state index contributed by atoms with van der Waals surface area (Å²) >= 11 is 3.40. The van der Waals surface area contributed by atoms with Gasteiger partial charge in [-0.1, -0.05) is 50.0 Å². The summed E-state index contributed by atoms with van der Waals surface area (Å²) in [5.41, 5.74) is 1.38. The van der Waals surface area contributed by atoms with Crippen molar-refractivity contribution in [3.8, 4) is 0 Å². The number of rotatable bonds is 9. The SMILES string of the molecule is CC.CCCC(=N)c1nc(CC)n(CCCBr)c(=O)c1NCC. The molecule has 1 heterocycles. The van der Waals surface area contributed by atoms with Gasteiger partial charge in [-0.25, -0.2) is 4.98 Å². The molecule has 1 rings (SSSR count). The second kappa shape index (κ2) is 12.3. The van der Waals surface area contributed by atoms with Crippen molar-refractivity contribution >= 4 is 27.3 Å². The Morgan fingerprint density at radius 3 is 2.43 bits per heavy atom. The van der Waals surface area contributed by atoms with Crippen molar-refractivity contribution in [2.45, 2.75) is 66.8 Å². The Balaban J connectivity index is 0.00000232. The number of halogens is 1. The van der Waals surface area contributed by atoms with Crippen LogP contribution in [0.15, 0.2) is 4.79 Å². The number of anilines is 1. The fourth-order valence-electron chi connectivity index (χ4n) is 2.24. The van der Waals surface area contributed by atoms with E-state index in [-0.39, 0.29) is 5.56 Å². The minimum atomic E-state index is -0.0551. The first-order chi connectivity index (χ1) is 11.1. The molecular weight excluding hydrogens is 356 g/mol. The minimum absolute atomic E-state index is 0.0551. The number of hydrogen-bond acceptors (Lipinski definition) is 4. The van der Waals surface area contributed by atoms with Crippen LogP contribution in [0.25, 0.3) is 0 Å². The lowest BCUT2D eigenvalue weighted by molar-refractivity contribution is 0.606. The average molecular weight is 387 g/mol. The van der Waals surface area contributed by atoms with E-state index in [0.717, 1.165) is 24.0 Å². The van der Waals surface area contributed by atoms with Gasteiger partial charge >= 0.3 is 0 Å². The highest BCUT2D eigenvalue weighted by molar-refractivity contribution is 9.09. The van der Waals surface area contributed by atoms with Crippen LogP contribution in [0.3, 0.4) is 0 Å². The first kappa shape index (κ1) is 21.8. The topological polar surface area (TPSA) is 70.8 Å². The Kier molecular flexibility index (Phi) is 11.7. The predicted octanol–water partition coefficient (Wildman–Crippen LogP) is 4.22. The number of nitrogens with one attached hydrogen (secondary N) is 2. The number of hydrogen-bond donors (Lipinski definition) is 2. The van der Waals surface area contributed by atoms with Crippen molar-refractivity contribution in [1.29, 1.82) is 5.41 Å². The van der Waals surface area contributed by atoms with Gasteiger partial charge < -0.3 is 10.7 Å². The lowest BCUT2D eigenvalue weighted by Crippen LogP contribution is -2.31. The molecule has 0 amide bonds. The van der Waals surface area contributed by atoms with Gasteiger partial charge in [0.05, 0.1) is 5.71 Å². The first-order valence-corrected chi connectivity index (χ1v) is 9.74.